The Bertz CT molecular complexity index is 575. The van der Waals surface area contributed by atoms with Crippen LogP contribution >= 0.6 is 0 Å². The van der Waals surface area contributed by atoms with E-state index >= 15 is 0 Å². The van der Waals surface area contributed by atoms with Gasteiger partial charge in [-0.2, -0.15) is 31.6 Å². The summed E-state index contributed by atoms with van der Waals surface area (Å²) in [6.45, 7) is 6.94. The molecule has 3 nitrogen and oxygen atoms in total. The molecule has 0 saturated carbocycles. The second-order valence-electron chi connectivity index (χ2n) is 4.60. The average molecular weight is 321 g/mol. The zero-order chi connectivity index (χ0) is 17.0. The van der Waals surface area contributed by atoms with Gasteiger partial charge in [0.05, 0.1) is 12.8 Å². The molecule has 22 heavy (non-hydrogen) atoms. The molecule has 9 heteroatoms. The van der Waals surface area contributed by atoms with E-state index in [9.17, 15) is 26.3 Å². The van der Waals surface area contributed by atoms with Crippen LogP contribution in [0.5, 0.6) is 0 Å². The third-order valence-electron chi connectivity index (χ3n) is 2.86. The molecule has 0 aliphatic carbocycles. The summed E-state index contributed by atoms with van der Waals surface area (Å²) in [6, 6.07) is 3.19. The molecule has 1 aromatic heterocycles. The van der Waals surface area contributed by atoms with E-state index in [1.807, 2.05) is 0 Å². The molecule has 1 rings (SSSR count). The summed E-state index contributed by atoms with van der Waals surface area (Å²) in [5, 5.41) is 8.99. The predicted octanol–water partition coefficient (Wildman–Crippen LogP) is 4.17. The zero-order valence-corrected chi connectivity index (χ0v) is 11.0. The van der Waals surface area contributed by atoms with Crippen molar-refractivity contribution in [2.75, 3.05) is 0 Å². The van der Waals surface area contributed by atoms with Crippen molar-refractivity contribution < 1.29 is 26.3 Å². The number of aromatic nitrogens is 1. The fourth-order valence-electron chi connectivity index (χ4n) is 1.69. The summed E-state index contributed by atoms with van der Waals surface area (Å²) in [5.41, 5.74) is -3.04. The van der Waals surface area contributed by atoms with Gasteiger partial charge in [-0.15, -0.1) is 0 Å². The summed E-state index contributed by atoms with van der Waals surface area (Å²) >= 11 is 0. The maximum Gasteiger partial charge on any atom is 0.433 e. The Labute approximate surface area is 122 Å². The number of alkyl halides is 6. The molecule has 1 unspecified atom stereocenters. The number of halogens is 6. The van der Waals surface area contributed by atoms with Gasteiger partial charge in [-0.3, -0.25) is 9.83 Å². The van der Waals surface area contributed by atoms with Crippen LogP contribution in [0.25, 0.3) is 4.85 Å². The van der Waals surface area contributed by atoms with Crippen molar-refractivity contribution in [1.29, 1.82) is 5.26 Å². The van der Waals surface area contributed by atoms with E-state index in [1.165, 1.54) is 6.07 Å². The van der Waals surface area contributed by atoms with Crippen molar-refractivity contribution in [2.24, 2.45) is 0 Å². The Balaban J connectivity index is 2.93. The molecule has 0 N–H and O–H groups in total. The van der Waals surface area contributed by atoms with E-state index in [4.69, 9.17) is 11.8 Å². The smallest absolute Gasteiger partial charge is 0.294 e. The largest absolute Gasteiger partial charge is 0.433 e. The minimum Gasteiger partial charge on any atom is -0.294 e. The molecule has 118 valence electrons. The number of hydrogen-bond donors (Lipinski definition) is 0. The molecule has 0 aliphatic rings. The van der Waals surface area contributed by atoms with Crippen LogP contribution in [0.3, 0.4) is 0 Å². The van der Waals surface area contributed by atoms with Crippen molar-refractivity contribution in [3.8, 4) is 6.07 Å². The molecular weight excluding hydrogens is 312 g/mol. The first-order chi connectivity index (χ1) is 10.0. The standard InChI is InChI=1S/C13H9F6N3/c1-21-11(8-20,4-5-12(14,15)16)6-9-2-3-10(22-7-9)13(17,18)19/h2-3,7H,4-6H2. The quantitative estimate of drug-likeness (QED) is 0.617. The number of pyridine rings is 1. The fourth-order valence-corrected chi connectivity index (χ4v) is 1.69. The predicted molar refractivity (Wildman–Crippen MR) is 63.2 cm³/mol. The van der Waals surface area contributed by atoms with Crippen LogP contribution in [0.15, 0.2) is 18.3 Å². The fraction of sp³-hybridized carbons (Fsp3) is 0.462. The molecule has 0 spiro atoms. The third kappa shape index (κ3) is 4.92. The van der Waals surface area contributed by atoms with Crippen LogP contribution in [-0.4, -0.2) is 16.7 Å². The van der Waals surface area contributed by atoms with Gasteiger partial charge in [0.25, 0.3) is 0 Å². The Morgan fingerprint density at radius 3 is 2.14 bits per heavy atom. The van der Waals surface area contributed by atoms with Gasteiger partial charge in [0, 0.05) is 12.6 Å². The SMILES string of the molecule is [C-]#[N+]C(C#N)(CCC(F)(F)F)Cc1ccc(C(F)(F)F)nc1. The molecule has 1 atom stereocenters. The maximum atomic E-state index is 12.4. The summed E-state index contributed by atoms with van der Waals surface area (Å²) in [6.07, 6.45) is -10.8. The molecular formula is C13H9F6N3. The molecule has 0 aliphatic heterocycles. The Hall–Kier alpha value is -2.29. The molecule has 0 radical (unpaired) electrons. The van der Waals surface area contributed by atoms with Crippen molar-refractivity contribution in [3.63, 3.8) is 0 Å². The summed E-state index contributed by atoms with van der Waals surface area (Å²) in [4.78, 5) is 6.10. The van der Waals surface area contributed by atoms with Gasteiger partial charge in [-0.05, 0) is 11.6 Å². The Morgan fingerprint density at radius 2 is 1.77 bits per heavy atom. The first-order valence-electron chi connectivity index (χ1n) is 5.90. The van der Waals surface area contributed by atoms with Crippen LogP contribution in [0.2, 0.25) is 0 Å². The van der Waals surface area contributed by atoms with Gasteiger partial charge in [0.15, 0.2) is 6.07 Å². The first-order valence-corrected chi connectivity index (χ1v) is 5.90. The zero-order valence-electron chi connectivity index (χ0n) is 11.0. The van der Waals surface area contributed by atoms with E-state index < -0.39 is 42.8 Å². The molecule has 1 heterocycles. The van der Waals surface area contributed by atoms with Crippen molar-refractivity contribution in [2.45, 2.75) is 37.2 Å². The highest BCUT2D eigenvalue weighted by Gasteiger charge is 2.42. The highest BCUT2D eigenvalue weighted by atomic mass is 19.4. The van der Waals surface area contributed by atoms with Crippen LogP contribution < -0.4 is 0 Å². The van der Waals surface area contributed by atoms with E-state index in [0.29, 0.717) is 6.07 Å². The summed E-state index contributed by atoms with van der Waals surface area (Å²) in [5.74, 6) is 0. The molecule has 0 amide bonds. The maximum absolute atomic E-state index is 12.4. The van der Waals surface area contributed by atoms with E-state index in [0.717, 1.165) is 12.3 Å². The first kappa shape index (κ1) is 17.8. The molecule has 0 aromatic carbocycles. The number of hydrogen-bond acceptors (Lipinski definition) is 2. The van der Waals surface area contributed by atoms with Gasteiger partial charge >= 0.3 is 17.9 Å². The van der Waals surface area contributed by atoms with Crippen molar-refractivity contribution >= 4 is 0 Å². The van der Waals surface area contributed by atoms with Gasteiger partial charge in [0.1, 0.15) is 5.69 Å². The van der Waals surface area contributed by atoms with Crippen LogP contribution in [0, 0.1) is 17.9 Å². The van der Waals surface area contributed by atoms with Crippen LogP contribution in [0.1, 0.15) is 24.1 Å². The number of nitrogens with zero attached hydrogens (tertiary/aromatic N) is 3. The van der Waals surface area contributed by atoms with E-state index in [1.54, 1.807) is 0 Å². The van der Waals surface area contributed by atoms with Crippen LogP contribution in [-0.2, 0) is 12.6 Å². The lowest BCUT2D eigenvalue weighted by Crippen LogP contribution is -2.28. The number of rotatable bonds is 4. The molecule has 0 bridgehead atoms. The minimum atomic E-state index is -4.64. The summed E-state index contributed by atoms with van der Waals surface area (Å²) < 4.78 is 73.8. The lowest BCUT2D eigenvalue weighted by Gasteiger charge is -2.15. The number of nitriles is 1. The Kier molecular flexibility index (Phi) is 5.02. The van der Waals surface area contributed by atoms with Gasteiger partial charge in [0.2, 0.25) is 0 Å². The minimum absolute atomic E-state index is 0.0905. The lowest BCUT2D eigenvalue weighted by atomic mass is 9.89. The lowest BCUT2D eigenvalue weighted by molar-refractivity contribution is -0.141. The van der Waals surface area contributed by atoms with E-state index in [2.05, 4.69) is 9.83 Å². The second-order valence-corrected chi connectivity index (χ2v) is 4.60. The molecule has 0 saturated heterocycles. The monoisotopic (exact) mass is 321 g/mol. The highest BCUT2D eigenvalue weighted by molar-refractivity contribution is 5.26. The van der Waals surface area contributed by atoms with Crippen molar-refractivity contribution in [3.05, 3.63) is 41.0 Å². The Morgan fingerprint density at radius 1 is 1.14 bits per heavy atom. The molecule has 0 fully saturated rings. The van der Waals surface area contributed by atoms with Crippen molar-refractivity contribution in [1.82, 2.24) is 4.98 Å². The highest BCUT2D eigenvalue weighted by Crippen LogP contribution is 2.31. The van der Waals surface area contributed by atoms with Gasteiger partial charge < -0.3 is 0 Å². The van der Waals surface area contributed by atoms with Gasteiger partial charge in [-0.25, -0.2) is 6.57 Å². The van der Waals surface area contributed by atoms with Gasteiger partial charge in [-0.1, -0.05) is 6.07 Å². The van der Waals surface area contributed by atoms with Crippen LogP contribution in [0.4, 0.5) is 26.3 Å². The summed E-state index contributed by atoms with van der Waals surface area (Å²) in [7, 11) is 0. The topological polar surface area (TPSA) is 41.0 Å². The molecule has 1 aromatic rings. The second kappa shape index (κ2) is 6.22. The average Bonchev–Trinajstić information content (AvgIpc) is 2.42. The third-order valence-corrected chi connectivity index (χ3v) is 2.86. The van der Waals surface area contributed by atoms with E-state index in [-0.39, 0.29) is 5.56 Å². The normalized spacial score (nSPS) is 14.7.